The topological polar surface area (TPSA) is 72.2 Å². The van der Waals surface area contributed by atoms with Gasteiger partial charge in [-0.3, -0.25) is 4.79 Å². The van der Waals surface area contributed by atoms with E-state index in [1.54, 1.807) is 6.92 Å². The number of nitrogens with two attached hydrogens (primary N) is 1. The van der Waals surface area contributed by atoms with Crippen LogP contribution in [0.1, 0.15) is 20.8 Å². The molecule has 0 rings (SSSR count). The molecule has 1 unspecified atom stereocenters. The molecular weight excluding hydrogens is 156 g/mol. The molecule has 0 radical (unpaired) electrons. The Morgan fingerprint density at radius 3 is 2.17 bits per heavy atom. The van der Waals surface area contributed by atoms with Crippen LogP contribution in [0.25, 0.3) is 0 Å². The van der Waals surface area contributed by atoms with E-state index in [1.807, 2.05) is 13.8 Å². The molecule has 12 heavy (non-hydrogen) atoms. The fraction of sp³-hybridized carbons (Fsp3) is 0.750. The second kappa shape index (κ2) is 4.74. The van der Waals surface area contributed by atoms with Gasteiger partial charge in [0, 0.05) is 18.4 Å². The summed E-state index contributed by atoms with van der Waals surface area (Å²) in [6, 6.07) is -0.585. The largest absolute Gasteiger partial charge is 0.352 e. The molecule has 70 valence electrons. The second-order valence-corrected chi connectivity index (χ2v) is 3.20. The molecule has 0 aliphatic carbocycles. The summed E-state index contributed by atoms with van der Waals surface area (Å²) in [6.45, 7) is 5.77. The fourth-order valence-electron chi connectivity index (χ4n) is 0.923. The van der Waals surface area contributed by atoms with Gasteiger partial charge >= 0.3 is 6.03 Å². The van der Waals surface area contributed by atoms with Gasteiger partial charge in [-0.05, 0) is 0 Å². The highest BCUT2D eigenvalue weighted by Gasteiger charge is 2.16. The first-order valence-corrected chi connectivity index (χ1v) is 4.02. The Labute approximate surface area is 72.5 Å². The third-order valence-corrected chi connectivity index (χ3v) is 1.64. The predicted molar refractivity (Wildman–Crippen MR) is 46.6 cm³/mol. The van der Waals surface area contributed by atoms with E-state index >= 15 is 0 Å². The molecule has 0 aromatic carbocycles. The van der Waals surface area contributed by atoms with Crippen molar-refractivity contribution in [3.8, 4) is 0 Å². The van der Waals surface area contributed by atoms with Crippen LogP contribution in [0.3, 0.4) is 0 Å². The van der Waals surface area contributed by atoms with E-state index in [1.165, 1.54) is 0 Å². The second-order valence-electron chi connectivity index (χ2n) is 3.20. The Morgan fingerprint density at radius 2 is 1.83 bits per heavy atom. The van der Waals surface area contributed by atoms with Gasteiger partial charge in [0.25, 0.3) is 0 Å². The monoisotopic (exact) mass is 172 g/mol. The number of Topliss-reactive ketones (excluding diaryl/α,β-unsaturated/α-hetero) is 1. The summed E-state index contributed by atoms with van der Waals surface area (Å²) in [7, 11) is 0. The van der Waals surface area contributed by atoms with Crippen LogP contribution in [-0.4, -0.2) is 18.4 Å². The van der Waals surface area contributed by atoms with E-state index in [9.17, 15) is 9.59 Å². The summed E-state index contributed by atoms with van der Waals surface area (Å²) in [5.41, 5.74) is 4.86. The predicted octanol–water partition coefficient (Wildman–Crippen LogP) is 0.516. The number of ketones is 1. The van der Waals surface area contributed by atoms with Gasteiger partial charge in [-0.1, -0.05) is 20.8 Å². The van der Waals surface area contributed by atoms with Crippen molar-refractivity contribution in [3.63, 3.8) is 0 Å². The van der Waals surface area contributed by atoms with Crippen LogP contribution in [0.5, 0.6) is 0 Å². The fourth-order valence-corrected chi connectivity index (χ4v) is 0.923. The zero-order valence-corrected chi connectivity index (χ0v) is 7.76. The normalized spacial score (nSPS) is 12.7. The summed E-state index contributed by atoms with van der Waals surface area (Å²) < 4.78 is 0. The molecule has 4 nitrogen and oxygen atoms in total. The SMILES string of the molecule is CC(C)C(=O)C(C)CNC(N)=O. The first-order chi connectivity index (χ1) is 5.45. The highest BCUT2D eigenvalue weighted by Crippen LogP contribution is 2.04. The Kier molecular flexibility index (Phi) is 4.33. The van der Waals surface area contributed by atoms with E-state index in [2.05, 4.69) is 5.32 Å². The van der Waals surface area contributed by atoms with Crippen molar-refractivity contribution in [2.45, 2.75) is 20.8 Å². The number of rotatable bonds is 4. The summed E-state index contributed by atoms with van der Waals surface area (Å²) in [5.74, 6) is -0.00377. The number of amides is 2. The van der Waals surface area contributed by atoms with Gasteiger partial charge in [0.15, 0.2) is 0 Å². The van der Waals surface area contributed by atoms with Crippen LogP contribution in [0.15, 0.2) is 0 Å². The molecule has 0 spiro atoms. The molecule has 4 heteroatoms. The molecule has 0 saturated carbocycles. The average molecular weight is 172 g/mol. The van der Waals surface area contributed by atoms with Crippen LogP contribution < -0.4 is 11.1 Å². The lowest BCUT2D eigenvalue weighted by atomic mass is 9.97. The molecule has 0 saturated heterocycles. The molecule has 0 aromatic heterocycles. The minimum absolute atomic E-state index is 0.00896. The molecule has 0 aliphatic rings. The lowest BCUT2D eigenvalue weighted by Crippen LogP contribution is -2.36. The molecular formula is C8H16N2O2. The molecule has 2 amide bonds. The van der Waals surface area contributed by atoms with Crippen molar-refractivity contribution in [2.24, 2.45) is 17.6 Å². The first kappa shape index (κ1) is 10.9. The Balaban J connectivity index is 3.79. The number of carbonyl (C=O) groups excluding carboxylic acids is 2. The van der Waals surface area contributed by atoms with Crippen LogP contribution in [0.2, 0.25) is 0 Å². The minimum atomic E-state index is -0.585. The van der Waals surface area contributed by atoms with Crippen LogP contribution in [0.4, 0.5) is 4.79 Å². The average Bonchev–Trinajstić information content (AvgIpc) is 1.98. The van der Waals surface area contributed by atoms with Crippen LogP contribution in [-0.2, 0) is 4.79 Å². The van der Waals surface area contributed by atoms with Gasteiger partial charge in [-0.15, -0.1) is 0 Å². The molecule has 3 N–H and O–H groups in total. The summed E-state index contributed by atoms with van der Waals surface area (Å²) >= 11 is 0. The highest BCUT2D eigenvalue weighted by molar-refractivity contribution is 5.83. The van der Waals surface area contributed by atoms with Crippen molar-refractivity contribution in [1.29, 1.82) is 0 Å². The molecule has 0 heterocycles. The number of hydrogen-bond acceptors (Lipinski definition) is 2. The Bertz CT molecular complexity index is 178. The van der Waals surface area contributed by atoms with Gasteiger partial charge in [-0.2, -0.15) is 0 Å². The number of nitrogens with one attached hydrogen (secondary N) is 1. The zero-order valence-electron chi connectivity index (χ0n) is 7.76. The van der Waals surface area contributed by atoms with Crippen molar-refractivity contribution in [2.75, 3.05) is 6.54 Å². The molecule has 0 aromatic rings. The minimum Gasteiger partial charge on any atom is -0.352 e. The lowest BCUT2D eigenvalue weighted by Gasteiger charge is -2.12. The van der Waals surface area contributed by atoms with Crippen molar-refractivity contribution >= 4 is 11.8 Å². The maximum atomic E-state index is 11.3. The lowest BCUT2D eigenvalue weighted by molar-refractivity contribution is -0.125. The van der Waals surface area contributed by atoms with Gasteiger partial charge in [-0.25, -0.2) is 4.79 Å². The number of hydrogen-bond donors (Lipinski definition) is 2. The van der Waals surface area contributed by atoms with E-state index in [4.69, 9.17) is 5.73 Å². The van der Waals surface area contributed by atoms with Crippen molar-refractivity contribution in [1.82, 2.24) is 5.32 Å². The first-order valence-electron chi connectivity index (χ1n) is 4.02. The van der Waals surface area contributed by atoms with E-state index in [0.717, 1.165) is 0 Å². The Hall–Kier alpha value is -1.06. The maximum Gasteiger partial charge on any atom is 0.312 e. The number of urea groups is 1. The van der Waals surface area contributed by atoms with Crippen LogP contribution in [0, 0.1) is 11.8 Å². The highest BCUT2D eigenvalue weighted by atomic mass is 16.2. The van der Waals surface area contributed by atoms with Gasteiger partial charge in [0.05, 0.1) is 0 Å². The van der Waals surface area contributed by atoms with Crippen molar-refractivity contribution in [3.05, 3.63) is 0 Å². The third-order valence-electron chi connectivity index (χ3n) is 1.64. The number of carbonyl (C=O) groups is 2. The summed E-state index contributed by atoms with van der Waals surface area (Å²) in [4.78, 5) is 21.6. The van der Waals surface area contributed by atoms with Gasteiger partial charge < -0.3 is 11.1 Å². The molecule has 0 bridgehead atoms. The van der Waals surface area contributed by atoms with E-state index in [-0.39, 0.29) is 17.6 Å². The summed E-state index contributed by atoms with van der Waals surface area (Å²) in [5, 5.41) is 2.40. The van der Waals surface area contributed by atoms with Crippen molar-refractivity contribution < 1.29 is 9.59 Å². The zero-order chi connectivity index (χ0) is 9.72. The Morgan fingerprint density at radius 1 is 1.33 bits per heavy atom. The van der Waals surface area contributed by atoms with Gasteiger partial charge in [0.1, 0.15) is 5.78 Å². The molecule has 0 aliphatic heterocycles. The quantitative estimate of drug-likeness (QED) is 0.648. The number of primary amides is 1. The maximum absolute atomic E-state index is 11.3. The molecule has 1 atom stereocenters. The van der Waals surface area contributed by atoms with Crippen LogP contribution >= 0.6 is 0 Å². The molecule has 0 fully saturated rings. The standard InChI is InChI=1S/C8H16N2O2/c1-5(2)7(11)6(3)4-10-8(9)12/h5-6H,4H2,1-3H3,(H3,9,10,12). The summed E-state index contributed by atoms with van der Waals surface area (Å²) in [6.07, 6.45) is 0. The van der Waals surface area contributed by atoms with E-state index in [0.29, 0.717) is 6.54 Å². The van der Waals surface area contributed by atoms with Gasteiger partial charge in [0.2, 0.25) is 0 Å². The smallest absolute Gasteiger partial charge is 0.312 e. The van der Waals surface area contributed by atoms with E-state index < -0.39 is 6.03 Å². The third kappa shape index (κ3) is 3.95.